The number of aryl methyl sites for hydroxylation is 1. The number of aromatic nitrogens is 1. The Hall–Kier alpha value is -1.43. The van der Waals surface area contributed by atoms with E-state index in [2.05, 4.69) is 10.3 Å². The van der Waals surface area contributed by atoms with Crippen molar-refractivity contribution < 1.29 is 14.7 Å². The highest BCUT2D eigenvalue weighted by atomic mass is 32.1. The molecule has 19 heavy (non-hydrogen) atoms. The first-order valence-corrected chi connectivity index (χ1v) is 7.35. The van der Waals surface area contributed by atoms with Crippen molar-refractivity contribution in [1.82, 2.24) is 10.3 Å². The number of nitrogens with zero attached hydrogens (tertiary/aromatic N) is 1. The number of carboxylic acids is 1. The molecule has 1 aliphatic carbocycles. The van der Waals surface area contributed by atoms with Gasteiger partial charge in [-0.05, 0) is 26.2 Å². The van der Waals surface area contributed by atoms with E-state index in [-0.39, 0.29) is 17.7 Å². The molecule has 0 unspecified atom stereocenters. The van der Waals surface area contributed by atoms with E-state index >= 15 is 0 Å². The summed E-state index contributed by atoms with van der Waals surface area (Å²) in [4.78, 5) is 27.3. The molecule has 1 saturated carbocycles. The predicted octanol–water partition coefficient (Wildman–Crippen LogP) is 1.96. The van der Waals surface area contributed by atoms with Gasteiger partial charge >= 0.3 is 5.97 Å². The van der Waals surface area contributed by atoms with Gasteiger partial charge in [-0.3, -0.25) is 9.59 Å². The van der Waals surface area contributed by atoms with Crippen molar-refractivity contribution in [1.29, 1.82) is 0 Å². The second kappa shape index (κ2) is 6.14. The average Bonchev–Trinajstić information content (AvgIpc) is 2.82. The van der Waals surface area contributed by atoms with Crippen molar-refractivity contribution in [2.75, 3.05) is 0 Å². The van der Waals surface area contributed by atoms with E-state index in [0.29, 0.717) is 19.4 Å². The summed E-state index contributed by atoms with van der Waals surface area (Å²) in [6.45, 7) is 2.35. The fourth-order valence-corrected chi connectivity index (χ4v) is 3.15. The van der Waals surface area contributed by atoms with Crippen LogP contribution in [-0.4, -0.2) is 22.0 Å². The summed E-state index contributed by atoms with van der Waals surface area (Å²) in [5.41, 5.74) is 0.956. The van der Waals surface area contributed by atoms with Gasteiger partial charge in [-0.1, -0.05) is 6.42 Å². The van der Waals surface area contributed by atoms with Gasteiger partial charge in [0.1, 0.15) is 5.01 Å². The first-order chi connectivity index (χ1) is 9.06. The molecule has 0 spiro atoms. The molecule has 1 amide bonds. The second-order valence-corrected chi connectivity index (χ2v) is 5.94. The number of carboxylic acid groups (broad SMARTS) is 1. The highest BCUT2D eigenvalue weighted by molar-refractivity contribution is 7.09. The maximum Gasteiger partial charge on any atom is 0.306 e. The molecule has 2 rings (SSSR count). The van der Waals surface area contributed by atoms with Gasteiger partial charge in [0, 0.05) is 17.0 Å². The molecular weight excluding hydrogens is 264 g/mol. The third-order valence-electron chi connectivity index (χ3n) is 3.47. The van der Waals surface area contributed by atoms with Crippen molar-refractivity contribution in [2.24, 2.45) is 11.8 Å². The standard InChI is InChI=1S/C13H18N2O3S/c1-8-7-19-11(15-8)6-14-12(16)9-3-2-4-10(5-9)13(17)18/h7,9-10H,2-6H2,1H3,(H,14,16)(H,17,18)/t9-,10+/m1/s1. The van der Waals surface area contributed by atoms with E-state index < -0.39 is 5.97 Å². The van der Waals surface area contributed by atoms with Gasteiger partial charge in [0.15, 0.2) is 0 Å². The largest absolute Gasteiger partial charge is 0.481 e. The quantitative estimate of drug-likeness (QED) is 0.884. The Balaban J connectivity index is 1.84. The number of aliphatic carboxylic acids is 1. The first-order valence-electron chi connectivity index (χ1n) is 6.48. The summed E-state index contributed by atoms with van der Waals surface area (Å²) in [7, 11) is 0. The molecule has 5 nitrogen and oxygen atoms in total. The van der Waals surface area contributed by atoms with Gasteiger partial charge in [0.05, 0.1) is 12.5 Å². The van der Waals surface area contributed by atoms with Gasteiger partial charge in [-0.15, -0.1) is 11.3 Å². The zero-order chi connectivity index (χ0) is 13.8. The molecule has 1 aromatic rings. The average molecular weight is 282 g/mol. The molecule has 6 heteroatoms. The topological polar surface area (TPSA) is 79.3 Å². The highest BCUT2D eigenvalue weighted by Gasteiger charge is 2.30. The summed E-state index contributed by atoms with van der Waals surface area (Å²) in [6.07, 6.45) is 2.74. The number of carbonyl (C=O) groups is 2. The summed E-state index contributed by atoms with van der Waals surface area (Å²) < 4.78 is 0. The first kappa shape index (κ1) is 14.0. The van der Waals surface area contributed by atoms with Crippen molar-refractivity contribution >= 4 is 23.2 Å². The van der Waals surface area contributed by atoms with Crippen molar-refractivity contribution in [3.8, 4) is 0 Å². The maximum absolute atomic E-state index is 12.0. The minimum absolute atomic E-state index is 0.0428. The van der Waals surface area contributed by atoms with Gasteiger partial charge in [-0.25, -0.2) is 4.98 Å². The summed E-state index contributed by atoms with van der Waals surface area (Å²) in [5.74, 6) is -1.37. The van der Waals surface area contributed by atoms with Crippen molar-refractivity contribution in [3.63, 3.8) is 0 Å². The number of carbonyl (C=O) groups excluding carboxylic acids is 1. The van der Waals surface area contributed by atoms with E-state index in [9.17, 15) is 9.59 Å². The molecule has 1 fully saturated rings. The Morgan fingerprint density at radius 3 is 2.84 bits per heavy atom. The van der Waals surface area contributed by atoms with Crippen LogP contribution in [0.4, 0.5) is 0 Å². The van der Waals surface area contributed by atoms with Crippen molar-refractivity contribution in [2.45, 2.75) is 39.2 Å². The van der Waals surface area contributed by atoms with Crippen LogP contribution in [0, 0.1) is 18.8 Å². The van der Waals surface area contributed by atoms with Crippen LogP contribution in [0.3, 0.4) is 0 Å². The molecule has 2 atom stereocenters. The molecular formula is C13H18N2O3S. The predicted molar refractivity (Wildman–Crippen MR) is 71.8 cm³/mol. The summed E-state index contributed by atoms with van der Waals surface area (Å²) >= 11 is 1.52. The van der Waals surface area contributed by atoms with Crippen LogP contribution in [0.1, 0.15) is 36.4 Å². The molecule has 0 aromatic carbocycles. The Morgan fingerprint density at radius 2 is 2.21 bits per heavy atom. The van der Waals surface area contributed by atoms with Crippen LogP contribution in [-0.2, 0) is 16.1 Å². The van der Waals surface area contributed by atoms with Crippen LogP contribution in [0.25, 0.3) is 0 Å². The van der Waals surface area contributed by atoms with Crippen LogP contribution in [0.5, 0.6) is 0 Å². The van der Waals surface area contributed by atoms with Gasteiger partial charge in [0.2, 0.25) is 5.91 Å². The molecule has 1 aliphatic rings. The molecule has 1 aromatic heterocycles. The van der Waals surface area contributed by atoms with E-state index in [1.54, 1.807) is 0 Å². The minimum Gasteiger partial charge on any atom is -0.481 e. The Bertz CT molecular complexity index is 472. The van der Waals surface area contributed by atoms with Gasteiger partial charge in [-0.2, -0.15) is 0 Å². The SMILES string of the molecule is Cc1csc(CNC(=O)[C@@H]2CCC[C@H](C(=O)O)C2)n1. The lowest BCUT2D eigenvalue weighted by molar-refractivity contribution is -0.144. The van der Waals surface area contributed by atoms with E-state index in [1.807, 2.05) is 12.3 Å². The van der Waals surface area contributed by atoms with E-state index in [0.717, 1.165) is 23.5 Å². The molecule has 0 bridgehead atoms. The Kier molecular flexibility index (Phi) is 4.52. The third kappa shape index (κ3) is 3.76. The number of hydrogen-bond acceptors (Lipinski definition) is 4. The van der Waals surface area contributed by atoms with Gasteiger partial charge in [0.25, 0.3) is 0 Å². The fourth-order valence-electron chi connectivity index (χ4n) is 2.44. The normalized spacial score (nSPS) is 23.0. The monoisotopic (exact) mass is 282 g/mol. The highest BCUT2D eigenvalue weighted by Crippen LogP contribution is 2.29. The summed E-state index contributed by atoms with van der Waals surface area (Å²) in [6, 6.07) is 0. The van der Waals surface area contributed by atoms with Crippen LogP contribution >= 0.6 is 11.3 Å². The molecule has 0 radical (unpaired) electrons. The molecule has 0 saturated heterocycles. The van der Waals surface area contributed by atoms with Crippen LogP contribution in [0.2, 0.25) is 0 Å². The second-order valence-electron chi connectivity index (χ2n) is 5.00. The maximum atomic E-state index is 12.0. The smallest absolute Gasteiger partial charge is 0.306 e. The molecule has 2 N–H and O–H groups in total. The van der Waals surface area contributed by atoms with Gasteiger partial charge < -0.3 is 10.4 Å². The lowest BCUT2D eigenvalue weighted by Gasteiger charge is -2.25. The zero-order valence-corrected chi connectivity index (χ0v) is 11.7. The van der Waals surface area contributed by atoms with Crippen molar-refractivity contribution in [3.05, 3.63) is 16.1 Å². The fraction of sp³-hybridized carbons (Fsp3) is 0.615. The number of rotatable bonds is 4. The lowest BCUT2D eigenvalue weighted by atomic mass is 9.81. The van der Waals surface area contributed by atoms with Crippen LogP contribution in [0.15, 0.2) is 5.38 Å². The number of thiazole rings is 1. The third-order valence-corrected chi connectivity index (χ3v) is 4.44. The summed E-state index contributed by atoms with van der Waals surface area (Å²) in [5, 5.41) is 14.7. The number of amides is 1. The Morgan fingerprint density at radius 1 is 1.47 bits per heavy atom. The zero-order valence-electron chi connectivity index (χ0n) is 10.9. The number of nitrogens with one attached hydrogen (secondary N) is 1. The number of hydrogen-bond donors (Lipinski definition) is 2. The lowest BCUT2D eigenvalue weighted by Crippen LogP contribution is -2.35. The Labute approximate surface area is 116 Å². The van der Waals surface area contributed by atoms with Crippen LogP contribution < -0.4 is 5.32 Å². The van der Waals surface area contributed by atoms with E-state index in [4.69, 9.17) is 5.11 Å². The molecule has 1 heterocycles. The molecule has 0 aliphatic heterocycles. The molecule has 104 valence electrons. The van der Waals surface area contributed by atoms with E-state index in [1.165, 1.54) is 11.3 Å². The minimum atomic E-state index is -0.784.